The zero-order valence-electron chi connectivity index (χ0n) is 21.4. The predicted molar refractivity (Wildman–Crippen MR) is 146 cm³/mol. The summed E-state index contributed by atoms with van der Waals surface area (Å²) in [5.74, 6) is -0.233. The molecule has 2 fully saturated rings. The number of piperazine rings is 1. The third-order valence-corrected chi connectivity index (χ3v) is 7.12. The molecule has 2 aliphatic heterocycles. The smallest absolute Gasteiger partial charge is 0.256 e. The van der Waals surface area contributed by atoms with Gasteiger partial charge in [0.05, 0.1) is 18.7 Å². The van der Waals surface area contributed by atoms with Gasteiger partial charge in [0.1, 0.15) is 17.6 Å². The third kappa shape index (κ3) is 6.82. The Morgan fingerprint density at radius 1 is 1.05 bits per heavy atom. The van der Waals surface area contributed by atoms with Crippen molar-refractivity contribution in [3.05, 3.63) is 54.3 Å². The second-order valence-corrected chi connectivity index (χ2v) is 9.72. The molecule has 0 unspecified atom stereocenters. The average Bonchev–Trinajstić information content (AvgIpc) is 3.11. The summed E-state index contributed by atoms with van der Waals surface area (Å²) in [4.78, 5) is 34.5. The maximum atomic E-state index is 13.5. The number of likely N-dealkylation sites (N-methyl/N-ethyl adjacent to an activating group) is 1. The van der Waals surface area contributed by atoms with Crippen LogP contribution in [-0.2, 0) is 9.59 Å². The zero-order chi connectivity index (χ0) is 26.4. The highest BCUT2D eigenvalue weighted by Gasteiger charge is 2.43. The van der Waals surface area contributed by atoms with E-state index in [0.717, 1.165) is 44.9 Å². The van der Waals surface area contributed by atoms with Gasteiger partial charge in [-0.25, -0.2) is 4.39 Å². The van der Waals surface area contributed by atoms with Gasteiger partial charge >= 0.3 is 0 Å². The summed E-state index contributed by atoms with van der Waals surface area (Å²) >= 11 is 5.71. The van der Waals surface area contributed by atoms with Crippen LogP contribution in [0.5, 0.6) is 5.75 Å². The topological polar surface area (TPSA) is 68.4 Å². The standard InChI is InChI=1S/C27H34FN5O3S/c1-3-36-23-11-7-21(8-12-23)29-25(34)19-24-26(35)33(22-9-5-20(28)6-10-22)27(37)32(24)14-4-13-31-17-15-30(2)16-18-31/h5-12,24H,3-4,13-19H2,1-2H3,(H,29,34)/t24-/m0/s1. The largest absolute Gasteiger partial charge is 0.494 e. The van der Waals surface area contributed by atoms with Crippen molar-refractivity contribution in [1.82, 2.24) is 14.7 Å². The maximum Gasteiger partial charge on any atom is 0.256 e. The molecule has 1 atom stereocenters. The van der Waals surface area contributed by atoms with E-state index in [1.807, 2.05) is 11.8 Å². The number of carbonyl (C=O) groups is 2. The first-order valence-corrected chi connectivity index (χ1v) is 13.1. The first-order chi connectivity index (χ1) is 17.9. The van der Waals surface area contributed by atoms with Crippen molar-refractivity contribution in [2.75, 3.05) is 63.1 Å². The minimum Gasteiger partial charge on any atom is -0.494 e. The molecule has 2 aromatic rings. The number of ether oxygens (including phenoxy) is 1. The van der Waals surface area contributed by atoms with Crippen LogP contribution < -0.4 is 15.0 Å². The fourth-order valence-electron chi connectivity index (χ4n) is 4.64. The quantitative estimate of drug-likeness (QED) is 0.476. The van der Waals surface area contributed by atoms with Gasteiger partial charge in [-0.2, -0.15) is 0 Å². The Morgan fingerprint density at radius 2 is 1.73 bits per heavy atom. The average molecular weight is 528 g/mol. The van der Waals surface area contributed by atoms with Gasteiger partial charge in [0.15, 0.2) is 5.11 Å². The molecule has 0 bridgehead atoms. The van der Waals surface area contributed by atoms with Gasteiger partial charge in [0, 0.05) is 38.4 Å². The van der Waals surface area contributed by atoms with E-state index in [-0.39, 0.29) is 18.2 Å². The molecule has 0 radical (unpaired) electrons. The summed E-state index contributed by atoms with van der Waals surface area (Å²) in [6.07, 6.45) is 0.768. The Morgan fingerprint density at radius 3 is 2.38 bits per heavy atom. The number of hydrogen-bond donors (Lipinski definition) is 1. The van der Waals surface area contributed by atoms with E-state index >= 15 is 0 Å². The molecule has 0 saturated carbocycles. The highest BCUT2D eigenvalue weighted by molar-refractivity contribution is 7.80. The molecule has 0 aliphatic carbocycles. The fraction of sp³-hybridized carbons (Fsp3) is 0.444. The van der Waals surface area contributed by atoms with Crippen LogP contribution in [-0.4, -0.2) is 90.6 Å². The Labute approximate surface area is 223 Å². The van der Waals surface area contributed by atoms with E-state index in [4.69, 9.17) is 17.0 Å². The SMILES string of the molecule is CCOc1ccc(NC(=O)C[C@H]2C(=O)N(c3ccc(F)cc3)C(=S)N2CCCN2CCN(C)CC2)cc1. The number of carbonyl (C=O) groups excluding carboxylic acids is 2. The molecule has 37 heavy (non-hydrogen) atoms. The summed E-state index contributed by atoms with van der Waals surface area (Å²) in [7, 11) is 2.12. The lowest BCUT2D eigenvalue weighted by Crippen LogP contribution is -2.45. The van der Waals surface area contributed by atoms with Crippen molar-refractivity contribution in [1.29, 1.82) is 0 Å². The Bertz CT molecular complexity index is 1090. The third-order valence-electron chi connectivity index (χ3n) is 6.70. The fourth-order valence-corrected chi connectivity index (χ4v) is 5.05. The molecule has 2 aliphatic rings. The van der Waals surface area contributed by atoms with Crippen LogP contribution >= 0.6 is 12.2 Å². The zero-order valence-corrected chi connectivity index (χ0v) is 22.2. The van der Waals surface area contributed by atoms with E-state index in [0.29, 0.717) is 29.6 Å². The molecular weight excluding hydrogens is 493 g/mol. The monoisotopic (exact) mass is 527 g/mol. The predicted octanol–water partition coefficient (Wildman–Crippen LogP) is 3.19. The van der Waals surface area contributed by atoms with Crippen molar-refractivity contribution < 1.29 is 18.7 Å². The van der Waals surface area contributed by atoms with Crippen LogP contribution in [0.2, 0.25) is 0 Å². The van der Waals surface area contributed by atoms with Gasteiger partial charge < -0.3 is 24.8 Å². The molecular formula is C27H34FN5O3S. The normalized spacial score (nSPS) is 18.9. The first-order valence-electron chi connectivity index (χ1n) is 12.7. The van der Waals surface area contributed by atoms with Crippen molar-refractivity contribution in [2.24, 2.45) is 0 Å². The van der Waals surface area contributed by atoms with Crippen LogP contribution in [0.4, 0.5) is 15.8 Å². The first kappa shape index (κ1) is 27.0. The number of benzene rings is 2. The summed E-state index contributed by atoms with van der Waals surface area (Å²) < 4.78 is 19.0. The van der Waals surface area contributed by atoms with E-state index in [1.165, 1.54) is 29.2 Å². The molecule has 2 heterocycles. The molecule has 4 rings (SSSR count). The van der Waals surface area contributed by atoms with Gasteiger partial charge in [-0.05, 0) is 87.7 Å². The molecule has 2 aromatic carbocycles. The molecule has 10 heteroatoms. The van der Waals surface area contributed by atoms with Gasteiger partial charge in [-0.3, -0.25) is 14.5 Å². The number of amides is 2. The second-order valence-electron chi connectivity index (χ2n) is 9.35. The lowest BCUT2D eigenvalue weighted by atomic mass is 10.1. The Kier molecular flexibility index (Phi) is 9.07. The number of anilines is 2. The van der Waals surface area contributed by atoms with E-state index in [2.05, 4.69) is 22.2 Å². The van der Waals surface area contributed by atoms with Crippen molar-refractivity contribution in [3.8, 4) is 5.75 Å². The molecule has 198 valence electrons. The van der Waals surface area contributed by atoms with Crippen LogP contribution in [0.15, 0.2) is 48.5 Å². The van der Waals surface area contributed by atoms with Crippen LogP contribution in [0.25, 0.3) is 0 Å². The number of rotatable bonds is 10. The number of nitrogens with one attached hydrogen (secondary N) is 1. The number of thiocarbonyl (C=S) groups is 1. The summed E-state index contributed by atoms with van der Waals surface area (Å²) in [5, 5.41) is 3.21. The van der Waals surface area contributed by atoms with Gasteiger partial charge in [0.25, 0.3) is 5.91 Å². The van der Waals surface area contributed by atoms with Gasteiger partial charge in [-0.15, -0.1) is 0 Å². The molecule has 2 amide bonds. The lowest BCUT2D eigenvalue weighted by Gasteiger charge is -2.33. The van der Waals surface area contributed by atoms with Crippen molar-refractivity contribution >= 4 is 40.5 Å². The van der Waals surface area contributed by atoms with Crippen LogP contribution in [0.3, 0.4) is 0 Å². The lowest BCUT2D eigenvalue weighted by molar-refractivity contribution is -0.124. The molecule has 8 nitrogen and oxygen atoms in total. The summed E-state index contributed by atoms with van der Waals surface area (Å²) in [6.45, 7) is 8.00. The molecule has 1 N–H and O–H groups in total. The van der Waals surface area contributed by atoms with Crippen molar-refractivity contribution in [2.45, 2.75) is 25.8 Å². The van der Waals surface area contributed by atoms with E-state index in [1.54, 1.807) is 24.3 Å². The molecule has 2 saturated heterocycles. The number of nitrogens with zero attached hydrogens (tertiary/aromatic N) is 4. The molecule has 0 aromatic heterocycles. The minimum absolute atomic E-state index is 0.0433. The van der Waals surface area contributed by atoms with E-state index in [9.17, 15) is 14.0 Å². The summed E-state index contributed by atoms with van der Waals surface area (Å²) in [5.41, 5.74) is 1.12. The van der Waals surface area contributed by atoms with E-state index < -0.39 is 11.9 Å². The van der Waals surface area contributed by atoms with Gasteiger partial charge in [-0.1, -0.05) is 0 Å². The summed E-state index contributed by atoms with van der Waals surface area (Å²) in [6, 6.07) is 12.0. The van der Waals surface area contributed by atoms with Crippen LogP contribution in [0, 0.1) is 5.82 Å². The highest BCUT2D eigenvalue weighted by atomic mass is 32.1. The maximum absolute atomic E-state index is 13.5. The second kappa shape index (κ2) is 12.4. The van der Waals surface area contributed by atoms with Crippen LogP contribution in [0.1, 0.15) is 19.8 Å². The number of halogens is 1. The van der Waals surface area contributed by atoms with Gasteiger partial charge in [0.2, 0.25) is 5.91 Å². The number of hydrogen-bond acceptors (Lipinski definition) is 6. The Balaban J connectivity index is 1.44. The molecule has 0 spiro atoms. The highest BCUT2D eigenvalue weighted by Crippen LogP contribution is 2.28. The minimum atomic E-state index is -0.729. The Hall–Kier alpha value is -3.08. The van der Waals surface area contributed by atoms with Crippen molar-refractivity contribution in [3.63, 3.8) is 0 Å².